The van der Waals surface area contributed by atoms with E-state index in [9.17, 15) is 0 Å². The minimum absolute atomic E-state index is 0.775. The highest BCUT2D eigenvalue weighted by Crippen LogP contribution is 2.15. The molecule has 1 aromatic carbocycles. The largest absolute Gasteiger partial charge is 0.381 e. The lowest BCUT2D eigenvalue weighted by Crippen LogP contribution is -2.00. The number of rotatable bonds is 3. The van der Waals surface area contributed by atoms with Crippen LogP contribution >= 0.6 is 15.9 Å². The van der Waals surface area contributed by atoms with Crippen LogP contribution < -0.4 is 5.32 Å². The van der Waals surface area contributed by atoms with E-state index in [0.717, 1.165) is 22.4 Å². The highest BCUT2D eigenvalue weighted by atomic mass is 79.9. The Kier molecular flexibility index (Phi) is 3.57. The summed E-state index contributed by atoms with van der Waals surface area (Å²) in [5.74, 6) is 0. The van der Waals surface area contributed by atoms with Crippen molar-refractivity contribution in [3.05, 3.63) is 58.3 Å². The lowest BCUT2D eigenvalue weighted by Gasteiger charge is -2.07. The van der Waals surface area contributed by atoms with E-state index in [2.05, 4.69) is 63.5 Å². The van der Waals surface area contributed by atoms with Crippen molar-refractivity contribution in [2.45, 2.75) is 13.5 Å². The van der Waals surface area contributed by atoms with E-state index < -0.39 is 0 Å². The van der Waals surface area contributed by atoms with Crippen molar-refractivity contribution in [1.29, 1.82) is 0 Å². The fourth-order valence-electron chi connectivity index (χ4n) is 1.42. The summed E-state index contributed by atoms with van der Waals surface area (Å²) < 4.78 is 0.898. The van der Waals surface area contributed by atoms with Gasteiger partial charge in [-0.1, -0.05) is 23.8 Å². The molecule has 0 spiro atoms. The Morgan fingerprint density at radius 1 is 1.19 bits per heavy atom. The molecule has 1 aromatic heterocycles. The number of hydrogen-bond acceptors (Lipinski definition) is 2. The number of nitrogens with one attached hydrogen (secondary N) is 1. The molecule has 0 bridgehead atoms. The molecule has 1 heterocycles. The molecule has 0 aliphatic carbocycles. The maximum Gasteiger partial charge on any atom is 0.111 e. The molecule has 0 saturated heterocycles. The van der Waals surface area contributed by atoms with Gasteiger partial charge in [0.05, 0.1) is 0 Å². The molecule has 1 N–H and O–H groups in total. The minimum Gasteiger partial charge on any atom is -0.381 e. The van der Waals surface area contributed by atoms with Crippen molar-refractivity contribution in [2.24, 2.45) is 0 Å². The summed E-state index contributed by atoms with van der Waals surface area (Å²) in [6.45, 7) is 2.86. The van der Waals surface area contributed by atoms with E-state index in [-0.39, 0.29) is 0 Å². The first-order valence-corrected chi connectivity index (χ1v) is 5.95. The number of aryl methyl sites for hydroxylation is 1. The zero-order valence-electron chi connectivity index (χ0n) is 9.07. The van der Waals surface area contributed by atoms with Gasteiger partial charge in [0.1, 0.15) is 4.60 Å². The number of benzene rings is 1. The Morgan fingerprint density at radius 3 is 2.62 bits per heavy atom. The molecular weight excluding hydrogens is 264 g/mol. The van der Waals surface area contributed by atoms with Crippen LogP contribution in [-0.2, 0) is 6.54 Å². The Hall–Kier alpha value is -1.35. The third-order valence-electron chi connectivity index (χ3n) is 2.37. The molecule has 2 aromatic rings. The van der Waals surface area contributed by atoms with Crippen LogP contribution in [0.3, 0.4) is 0 Å². The van der Waals surface area contributed by atoms with Crippen LogP contribution in [0.4, 0.5) is 5.69 Å². The lowest BCUT2D eigenvalue weighted by molar-refractivity contribution is 1.09. The van der Waals surface area contributed by atoms with Crippen LogP contribution in [0.25, 0.3) is 0 Å². The number of aromatic nitrogens is 1. The third-order valence-corrected chi connectivity index (χ3v) is 3.08. The highest BCUT2D eigenvalue weighted by Gasteiger charge is 1.99. The van der Waals surface area contributed by atoms with E-state index in [1.165, 1.54) is 5.56 Å². The second-order valence-corrected chi connectivity index (χ2v) is 4.42. The van der Waals surface area contributed by atoms with Gasteiger partial charge in [-0.15, -0.1) is 0 Å². The fourth-order valence-corrected chi connectivity index (χ4v) is 1.81. The second-order valence-electron chi connectivity index (χ2n) is 3.67. The van der Waals surface area contributed by atoms with E-state index in [1.54, 1.807) is 6.20 Å². The first-order valence-electron chi connectivity index (χ1n) is 5.15. The third kappa shape index (κ3) is 2.83. The molecule has 0 atom stereocenters. The zero-order valence-corrected chi connectivity index (χ0v) is 10.7. The normalized spacial score (nSPS) is 10.1. The van der Waals surface area contributed by atoms with Gasteiger partial charge in [-0.2, -0.15) is 0 Å². The molecule has 0 unspecified atom stereocenters. The number of hydrogen-bond donors (Lipinski definition) is 1. The maximum atomic E-state index is 4.18. The van der Waals surface area contributed by atoms with E-state index in [4.69, 9.17) is 0 Å². The van der Waals surface area contributed by atoms with Crippen molar-refractivity contribution in [2.75, 3.05) is 5.32 Å². The van der Waals surface area contributed by atoms with E-state index in [0.29, 0.717) is 0 Å². The molecule has 0 saturated carbocycles. The van der Waals surface area contributed by atoms with Crippen molar-refractivity contribution in [3.8, 4) is 0 Å². The fraction of sp³-hybridized carbons (Fsp3) is 0.154. The average molecular weight is 277 g/mol. The Balaban J connectivity index is 2.02. The zero-order chi connectivity index (χ0) is 11.4. The smallest absolute Gasteiger partial charge is 0.111 e. The van der Waals surface area contributed by atoms with Gasteiger partial charge in [0.15, 0.2) is 0 Å². The quantitative estimate of drug-likeness (QED) is 0.864. The second kappa shape index (κ2) is 5.12. The van der Waals surface area contributed by atoms with Crippen LogP contribution in [0.1, 0.15) is 11.1 Å². The first kappa shape index (κ1) is 11.1. The van der Waals surface area contributed by atoms with Gasteiger partial charge in [0.2, 0.25) is 0 Å². The molecule has 0 fully saturated rings. The molecule has 3 heteroatoms. The summed E-state index contributed by atoms with van der Waals surface area (Å²) in [5, 5.41) is 3.36. The molecule has 2 nitrogen and oxygen atoms in total. The number of pyridine rings is 1. The van der Waals surface area contributed by atoms with Crippen molar-refractivity contribution in [1.82, 2.24) is 4.98 Å². The van der Waals surface area contributed by atoms with Gasteiger partial charge in [-0.05, 0) is 41.1 Å². The van der Waals surface area contributed by atoms with Gasteiger partial charge in [0, 0.05) is 24.0 Å². The Morgan fingerprint density at radius 2 is 1.94 bits per heavy atom. The average Bonchev–Trinajstić information content (AvgIpc) is 2.30. The van der Waals surface area contributed by atoms with Crippen molar-refractivity contribution >= 4 is 21.6 Å². The van der Waals surface area contributed by atoms with Gasteiger partial charge >= 0.3 is 0 Å². The van der Waals surface area contributed by atoms with Crippen LogP contribution in [0.5, 0.6) is 0 Å². The monoisotopic (exact) mass is 276 g/mol. The number of nitrogens with zero attached hydrogens (tertiary/aromatic N) is 1. The summed E-state index contributed by atoms with van der Waals surface area (Å²) >= 11 is 3.43. The van der Waals surface area contributed by atoms with Crippen LogP contribution in [0.2, 0.25) is 0 Å². The first-order chi connectivity index (χ1) is 7.75. The number of anilines is 1. The van der Waals surface area contributed by atoms with Gasteiger partial charge < -0.3 is 5.32 Å². The van der Waals surface area contributed by atoms with Crippen molar-refractivity contribution in [3.63, 3.8) is 0 Å². The SMILES string of the molecule is Cc1ccc(NCc2cccnc2Br)cc1. The standard InChI is InChI=1S/C13H13BrN2/c1-10-4-6-12(7-5-10)16-9-11-3-2-8-15-13(11)14/h2-8,16H,9H2,1H3. The van der Waals surface area contributed by atoms with Crippen LogP contribution in [-0.4, -0.2) is 4.98 Å². The summed E-state index contributed by atoms with van der Waals surface area (Å²) in [7, 11) is 0. The highest BCUT2D eigenvalue weighted by molar-refractivity contribution is 9.10. The maximum absolute atomic E-state index is 4.18. The lowest BCUT2D eigenvalue weighted by atomic mass is 10.2. The van der Waals surface area contributed by atoms with Crippen LogP contribution in [0.15, 0.2) is 47.2 Å². The predicted molar refractivity (Wildman–Crippen MR) is 70.4 cm³/mol. The van der Waals surface area contributed by atoms with Gasteiger partial charge in [-0.3, -0.25) is 0 Å². The summed E-state index contributed by atoms with van der Waals surface area (Å²) in [6, 6.07) is 12.4. The Labute approximate surface area is 104 Å². The topological polar surface area (TPSA) is 24.9 Å². The molecule has 0 aliphatic heterocycles. The summed E-state index contributed by atoms with van der Waals surface area (Å²) in [4.78, 5) is 4.18. The van der Waals surface area contributed by atoms with E-state index in [1.807, 2.05) is 6.07 Å². The molecule has 0 aliphatic rings. The van der Waals surface area contributed by atoms with Gasteiger partial charge in [-0.25, -0.2) is 4.98 Å². The number of halogens is 1. The predicted octanol–water partition coefficient (Wildman–Crippen LogP) is 3.76. The van der Waals surface area contributed by atoms with Crippen LogP contribution in [0, 0.1) is 6.92 Å². The molecule has 0 amide bonds. The molecular formula is C13H13BrN2. The van der Waals surface area contributed by atoms with Crippen molar-refractivity contribution < 1.29 is 0 Å². The molecule has 82 valence electrons. The molecule has 2 rings (SSSR count). The summed E-state index contributed by atoms with van der Waals surface area (Å²) in [6.07, 6.45) is 1.78. The van der Waals surface area contributed by atoms with Gasteiger partial charge in [0.25, 0.3) is 0 Å². The Bertz CT molecular complexity index is 466. The molecule has 16 heavy (non-hydrogen) atoms. The minimum atomic E-state index is 0.775. The summed E-state index contributed by atoms with van der Waals surface area (Å²) in [5.41, 5.74) is 3.55. The molecule has 0 radical (unpaired) electrons. The van der Waals surface area contributed by atoms with E-state index >= 15 is 0 Å².